The molecule has 4 heteroatoms. The van der Waals surface area contributed by atoms with Crippen molar-refractivity contribution in [3.63, 3.8) is 0 Å². The normalized spacial score (nSPS) is 17.0. The number of hydrogen-bond donors (Lipinski definition) is 0. The topological polar surface area (TPSA) is 53.3 Å². The number of rotatable bonds is 4. The first-order chi connectivity index (χ1) is 12.6. The summed E-state index contributed by atoms with van der Waals surface area (Å²) in [4.78, 5) is 14.7. The molecule has 0 N–H and O–H groups in total. The molecule has 134 valence electrons. The van der Waals surface area contributed by atoms with E-state index in [1.807, 2.05) is 54.3 Å². The summed E-state index contributed by atoms with van der Waals surface area (Å²) in [6.45, 7) is 4.29. The molecule has 0 spiro atoms. The molecule has 0 radical (unpaired) electrons. The van der Waals surface area contributed by atoms with E-state index in [1.54, 1.807) is 7.11 Å². The van der Waals surface area contributed by atoms with E-state index in [-0.39, 0.29) is 5.91 Å². The molecule has 0 aliphatic carbocycles. The smallest absolute Gasteiger partial charge is 0.253 e. The van der Waals surface area contributed by atoms with E-state index in [2.05, 4.69) is 6.07 Å². The Bertz CT molecular complexity index is 819. The molecule has 0 saturated carbocycles. The van der Waals surface area contributed by atoms with Crippen molar-refractivity contribution in [2.24, 2.45) is 5.92 Å². The van der Waals surface area contributed by atoms with Gasteiger partial charge in [0, 0.05) is 25.8 Å². The van der Waals surface area contributed by atoms with Gasteiger partial charge in [0.15, 0.2) is 0 Å². The molecule has 4 nitrogen and oxygen atoms in total. The molecule has 0 bridgehead atoms. The van der Waals surface area contributed by atoms with E-state index >= 15 is 0 Å². The third kappa shape index (κ3) is 3.95. The standard InChI is InChI=1S/C22H24N2O2/c1-16-12-17(13-23)5-10-21(16)19-6-8-20(9-7-19)22(25)24-11-3-4-18(14-24)15-26-2/h5-10,12,18H,3-4,11,14-15H2,1-2H3/t18-/m0/s1. The molecule has 1 fully saturated rings. The van der Waals surface area contributed by atoms with Crippen molar-refractivity contribution in [2.45, 2.75) is 19.8 Å². The van der Waals surface area contributed by atoms with Crippen molar-refractivity contribution in [1.82, 2.24) is 4.90 Å². The maximum atomic E-state index is 12.8. The summed E-state index contributed by atoms with van der Waals surface area (Å²) in [5.74, 6) is 0.521. The largest absolute Gasteiger partial charge is 0.384 e. The fourth-order valence-electron chi connectivity index (χ4n) is 3.65. The highest BCUT2D eigenvalue weighted by Gasteiger charge is 2.24. The molecule has 1 amide bonds. The summed E-state index contributed by atoms with van der Waals surface area (Å²) >= 11 is 0. The number of aryl methyl sites for hydroxylation is 1. The van der Waals surface area contributed by atoms with Crippen LogP contribution in [0.25, 0.3) is 11.1 Å². The van der Waals surface area contributed by atoms with Crippen molar-refractivity contribution in [3.8, 4) is 17.2 Å². The molecule has 1 aliphatic heterocycles. The van der Waals surface area contributed by atoms with Crippen LogP contribution in [0.5, 0.6) is 0 Å². The second kappa shape index (κ2) is 8.16. The Labute approximate surface area is 155 Å². The number of ether oxygens (including phenoxy) is 1. The van der Waals surface area contributed by atoms with Gasteiger partial charge in [0.2, 0.25) is 0 Å². The lowest BCUT2D eigenvalue weighted by Crippen LogP contribution is -2.41. The van der Waals surface area contributed by atoms with Crippen LogP contribution in [0.2, 0.25) is 0 Å². The zero-order chi connectivity index (χ0) is 18.5. The average Bonchev–Trinajstić information content (AvgIpc) is 2.68. The van der Waals surface area contributed by atoms with E-state index in [9.17, 15) is 4.79 Å². The molecule has 26 heavy (non-hydrogen) atoms. The maximum Gasteiger partial charge on any atom is 0.253 e. The van der Waals surface area contributed by atoms with Gasteiger partial charge in [-0.25, -0.2) is 0 Å². The summed E-state index contributed by atoms with van der Waals surface area (Å²) < 4.78 is 5.25. The minimum absolute atomic E-state index is 0.0916. The minimum Gasteiger partial charge on any atom is -0.384 e. The van der Waals surface area contributed by atoms with Crippen LogP contribution in [0.3, 0.4) is 0 Å². The molecule has 1 atom stereocenters. The molecule has 3 rings (SSSR count). The van der Waals surface area contributed by atoms with Gasteiger partial charge in [0.05, 0.1) is 18.2 Å². The molecule has 2 aromatic carbocycles. The number of carbonyl (C=O) groups excluding carboxylic acids is 1. The number of piperidine rings is 1. The number of benzene rings is 2. The van der Waals surface area contributed by atoms with Crippen LogP contribution in [0, 0.1) is 24.2 Å². The van der Waals surface area contributed by atoms with E-state index in [1.165, 1.54) is 0 Å². The number of hydrogen-bond acceptors (Lipinski definition) is 3. The summed E-state index contributed by atoms with van der Waals surface area (Å²) in [6.07, 6.45) is 2.15. The van der Waals surface area contributed by atoms with Crippen LogP contribution < -0.4 is 0 Å². The Morgan fingerprint density at radius 2 is 2.04 bits per heavy atom. The summed E-state index contributed by atoms with van der Waals surface area (Å²) in [6, 6.07) is 15.6. The molecule has 1 saturated heterocycles. The van der Waals surface area contributed by atoms with E-state index < -0.39 is 0 Å². The lowest BCUT2D eigenvalue weighted by molar-refractivity contribution is 0.0571. The van der Waals surface area contributed by atoms with Crippen molar-refractivity contribution in [2.75, 3.05) is 26.8 Å². The maximum absolute atomic E-state index is 12.8. The fraction of sp³-hybridized carbons (Fsp3) is 0.364. The summed E-state index contributed by atoms with van der Waals surface area (Å²) in [5, 5.41) is 9.00. The quantitative estimate of drug-likeness (QED) is 0.838. The third-order valence-corrected chi connectivity index (χ3v) is 5.01. The second-order valence-electron chi connectivity index (χ2n) is 6.93. The van der Waals surface area contributed by atoms with Crippen LogP contribution in [-0.4, -0.2) is 37.6 Å². The number of nitrogens with zero attached hydrogens (tertiary/aromatic N) is 2. The molecule has 1 heterocycles. The number of nitriles is 1. The van der Waals surface area contributed by atoms with Crippen LogP contribution in [0.1, 0.15) is 34.3 Å². The van der Waals surface area contributed by atoms with Gasteiger partial charge in [-0.3, -0.25) is 4.79 Å². The van der Waals surface area contributed by atoms with Gasteiger partial charge in [0.1, 0.15) is 0 Å². The van der Waals surface area contributed by atoms with Crippen LogP contribution in [0.4, 0.5) is 0 Å². The second-order valence-corrected chi connectivity index (χ2v) is 6.93. The Kier molecular flexibility index (Phi) is 5.70. The number of amides is 1. The minimum atomic E-state index is 0.0916. The van der Waals surface area contributed by atoms with Gasteiger partial charge >= 0.3 is 0 Å². The van der Waals surface area contributed by atoms with Gasteiger partial charge in [-0.05, 0) is 66.6 Å². The first-order valence-electron chi connectivity index (χ1n) is 9.01. The highest BCUT2D eigenvalue weighted by atomic mass is 16.5. The molecule has 2 aromatic rings. The van der Waals surface area contributed by atoms with Crippen molar-refractivity contribution < 1.29 is 9.53 Å². The van der Waals surface area contributed by atoms with E-state index in [0.717, 1.165) is 48.2 Å². The highest BCUT2D eigenvalue weighted by Crippen LogP contribution is 2.25. The van der Waals surface area contributed by atoms with E-state index in [0.29, 0.717) is 18.1 Å². The Hall–Kier alpha value is -2.64. The van der Waals surface area contributed by atoms with Gasteiger partial charge in [-0.1, -0.05) is 18.2 Å². The zero-order valence-electron chi connectivity index (χ0n) is 15.4. The van der Waals surface area contributed by atoms with Crippen LogP contribution in [-0.2, 0) is 4.74 Å². The first-order valence-corrected chi connectivity index (χ1v) is 9.01. The van der Waals surface area contributed by atoms with Crippen molar-refractivity contribution >= 4 is 5.91 Å². The Morgan fingerprint density at radius 3 is 2.69 bits per heavy atom. The predicted octanol–water partition coefficient (Wildman–Crippen LogP) is 4.03. The monoisotopic (exact) mass is 348 g/mol. The van der Waals surface area contributed by atoms with Gasteiger partial charge in [-0.2, -0.15) is 5.26 Å². The van der Waals surface area contributed by atoms with Crippen LogP contribution in [0.15, 0.2) is 42.5 Å². The van der Waals surface area contributed by atoms with Gasteiger partial charge < -0.3 is 9.64 Å². The average molecular weight is 348 g/mol. The summed E-state index contributed by atoms with van der Waals surface area (Å²) in [5.41, 5.74) is 4.58. The SMILES string of the molecule is COC[C@H]1CCCN(C(=O)c2ccc(-c3ccc(C#N)cc3C)cc2)C1. The fourth-order valence-corrected chi connectivity index (χ4v) is 3.65. The van der Waals surface area contributed by atoms with Crippen molar-refractivity contribution in [3.05, 3.63) is 59.2 Å². The molecule has 1 aliphatic rings. The molecular formula is C22H24N2O2. The number of likely N-dealkylation sites (tertiary alicyclic amines) is 1. The number of methoxy groups -OCH3 is 1. The molecule has 0 aromatic heterocycles. The lowest BCUT2D eigenvalue weighted by atomic mass is 9.96. The van der Waals surface area contributed by atoms with Crippen LogP contribution >= 0.6 is 0 Å². The Morgan fingerprint density at radius 1 is 1.27 bits per heavy atom. The van der Waals surface area contributed by atoms with Gasteiger partial charge in [0.25, 0.3) is 5.91 Å². The number of carbonyl (C=O) groups is 1. The predicted molar refractivity (Wildman–Crippen MR) is 102 cm³/mol. The van der Waals surface area contributed by atoms with E-state index in [4.69, 9.17) is 10.00 Å². The van der Waals surface area contributed by atoms with Gasteiger partial charge in [-0.15, -0.1) is 0 Å². The molecule has 0 unspecified atom stereocenters. The molecular weight excluding hydrogens is 324 g/mol. The van der Waals surface area contributed by atoms with Crippen molar-refractivity contribution in [1.29, 1.82) is 5.26 Å². The highest BCUT2D eigenvalue weighted by molar-refractivity contribution is 5.94. The third-order valence-electron chi connectivity index (χ3n) is 5.01. The summed E-state index contributed by atoms with van der Waals surface area (Å²) in [7, 11) is 1.71. The first kappa shape index (κ1) is 18.2. The zero-order valence-corrected chi connectivity index (χ0v) is 15.4. The lowest BCUT2D eigenvalue weighted by Gasteiger charge is -2.32. The Balaban J connectivity index is 1.75.